The molecule has 0 saturated carbocycles. The lowest BCUT2D eigenvalue weighted by atomic mass is 9.96. The second-order valence-electron chi connectivity index (χ2n) is 4.01. The zero-order chi connectivity index (χ0) is 11.2. The summed E-state index contributed by atoms with van der Waals surface area (Å²) < 4.78 is 10.2. The van der Waals surface area contributed by atoms with Crippen LogP contribution in [-0.4, -0.2) is 33.1 Å². The lowest BCUT2D eigenvalue weighted by molar-refractivity contribution is -0.119. The van der Waals surface area contributed by atoms with Crippen molar-refractivity contribution >= 4 is 0 Å². The molecule has 0 bridgehead atoms. The van der Waals surface area contributed by atoms with Crippen molar-refractivity contribution in [2.24, 2.45) is 5.41 Å². The largest absolute Gasteiger partial charge is 0.354 e. The lowest BCUT2D eigenvalue weighted by Crippen LogP contribution is -2.43. The highest BCUT2D eigenvalue weighted by atomic mass is 16.7. The number of hydrogen-bond donors (Lipinski definition) is 1. The summed E-state index contributed by atoms with van der Waals surface area (Å²) in [5.41, 5.74) is -0.361. The first-order valence-electron chi connectivity index (χ1n) is 4.67. The van der Waals surface area contributed by atoms with Gasteiger partial charge in [-0.3, -0.25) is 0 Å². The number of hydrogen-bond acceptors (Lipinski definition) is 4. The second kappa shape index (κ2) is 5.97. The molecule has 4 heteroatoms. The highest BCUT2D eigenvalue weighted by Crippen LogP contribution is 2.11. The van der Waals surface area contributed by atoms with Crippen LogP contribution in [0.4, 0.5) is 0 Å². The van der Waals surface area contributed by atoms with Gasteiger partial charge in [-0.2, -0.15) is 5.26 Å². The predicted octanol–water partition coefficient (Wildman–Crippen LogP) is 1.13. The van der Waals surface area contributed by atoms with Gasteiger partial charge in [0.2, 0.25) is 0 Å². The van der Waals surface area contributed by atoms with Crippen molar-refractivity contribution in [2.75, 3.05) is 20.8 Å². The summed E-state index contributed by atoms with van der Waals surface area (Å²) in [5, 5.41) is 12.0. The van der Waals surface area contributed by atoms with E-state index in [1.54, 1.807) is 14.2 Å². The van der Waals surface area contributed by atoms with E-state index in [0.717, 1.165) is 0 Å². The fourth-order valence-corrected chi connectivity index (χ4v) is 1.06. The first kappa shape index (κ1) is 13.4. The molecule has 14 heavy (non-hydrogen) atoms. The second-order valence-corrected chi connectivity index (χ2v) is 4.01. The van der Waals surface area contributed by atoms with E-state index in [0.29, 0.717) is 6.54 Å². The summed E-state index contributed by atoms with van der Waals surface area (Å²) in [4.78, 5) is 0. The molecule has 0 radical (unpaired) electrons. The van der Waals surface area contributed by atoms with Gasteiger partial charge in [-0.1, -0.05) is 0 Å². The zero-order valence-corrected chi connectivity index (χ0v) is 9.63. The van der Waals surface area contributed by atoms with E-state index in [2.05, 4.69) is 11.4 Å². The molecule has 1 atom stereocenters. The molecule has 0 fully saturated rings. The molecule has 0 amide bonds. The minimum Gasteiger partial charge on any atom is -0.354 e. The maximum atomic E-state index is 8.81. The minimum absolute atomic E-state index is 0.0672. The summed E-state index contributed by atoms with van der Waals surface area (Å²) in [7, 11) is 3.20. The molecular formula is C10H20N2O2. The molecule has 0 spiro atoms. The summed E-state index contributed by atoms with van der Waals surface area (Å²) in [6.45, 7) is 6.36. The third-order valence-corrected chi connectivity index (χ3v) is 2.04. The molecule has 0 heterocycles. The number of ether oxygens (including phenoxy) is 2. The molecule has 0 aliphatic heterocycles. The van der Waals surface area contributed by atoms with Gasteiger partial charge in [-0.05, 0) is 20.8 Å². The molecule has 1 N–H and O–H groups in total. The number of methoxy groups -OCH3 is 2. The molecule has 0 aliphatic carbocycles. The molecule has 0 aromatic carbocycles. The Morgan fingerprint density at radius 3 is 2.21 bits per heavy atom. The topological polar surface area (TPSA) is 54.3 Å². The third kappa shape index (κ3) is 4.56. The SMILES string of the molecule is COC(OC)C(C)NCC(C)(C)C#N. The normalized spacial score (nSPS) is 14.1. The monoisotopic (exact) mass is 200 g/mol. The van der Waals surface area contributed by atoms with Crippen molar-refractivity contribution < 1.29 is 9.47 Å². The van der Waals surface area contributed by atoms with Gasteiger partial charge in [-0.25, -0.2) is 0 Å². The number of rotatable bonds is 6. The zero-order valence-electron chi connectivity index (χ0n) is 9.63. The Morgan fingerprint density at radius 1 is 1.36 bits per heavy atom. The van der Waals surface area contributed by atoms with Gasteiger partial charge < -0.3 is 14.8 Å². The Morgan fingerprint density at radius 2 is 1.86 bits per heavy atom. The van der Waals surface area contributed by atoms with Crippen LogP contribution in [0.1, 0.15) is 20.8 Å². The van der Waals surface area contributed by atoms with E-state index in [1.807, 2.05) is 20.8 Å². The van der Waals surface area contributed by atoms with E-state index < -0.39 is 0 Å². The average Bonchev–Trinajstić information content (AvgIpc) is 2.17. The first-order valence-corrected chi connectivity index (χ1v) is 4.67. The van der Waals surface area contributed by atoms with Gasteiger partial charge in [0.1, 0.15) is 0 Å². The Hall–Kier alpha value is -0.630. The molecule has 0 saturated heterocycles. The lowest BCUT2D eigenvalue weighted by Gasteiger charge is -2.25. The molecule has 0 rings (SSSR count). The van der Waals surface area contributed by atoms with Crippen molar-refractivity contribution in [1.82, 2.24) is 5.32 Å². The van der Waals surface area contributed by atoms with Crippen LogP contribution < -0.4 is 5.32 Å². The molecule has 0 aliphatic rings. The summed E-state index contributed by atoms with van der Waals surface area (Å²) in [6, 6.07) is 2.29. The fraction of sp³-hybridized carbons (Fsp3) is 0.900. The van der Waals surface area contributed by atoms with Crippen molar-refractivity contribution in [2.45, 2.75) is 33.1 Å². The molecular weight excluding hydrogens is 180 g/mol. The Bertz CT molecular complexity index is 195. The summed E-state index contributed by atoms with van der Waals surface area (Å²) >= 11 is 0. The maximum absolute atomic E-state index is 8.81. The van der Waals surface area contributed by atoms with E-state index in [9.17, 15) is 0 Å². The van der Waals surface area contributed by atoms with Gasteiger partial charge in [0.25, 0.3) is 0 Å². The van der Waals surface area contributed by atoms with Crippen molar-refractivity contribution in [3.8, 4) is 6.07 Å². The number of nitrogens with one attached hydrogen (secondary N) is 1. The van der Waals surface area contributed by atoms with Gasteiger partial charge in [0.05, 0.1) is 17.5 Å². The molecule has 0 aromatic rings. The van der Waals surface area contributed by atoms with Crippen molar-refractivity contribution in [3.05, 3.63) is 0 Å². The van der Waals surface area contributed by atoms with Crippen LogP contribution in [0.5, 0.6) is 0 Å². The van der Waals surface area contributed by atoms with Crippen molar-refractivity contribution in [3.63, 3.8) is 0 Å². The van der Waals surface area contributed by atoms with Crippen molar-refractivity contribution in [1.29, 1.82) is 5.26 Å². The van der Waals surface area contributed by atoms with Crippen LogP contribution >= 0.6 is 0 Å². The molecule has 1 unspecified atom stereocenters. The Kier molecular flexibility index (Phi) is 5.70. The first-order chi connectivity index (χ1) is 6.46. The van der Waals surface area contributed by atoms with E-state index in [-0.39, 0.29) is 17.7 Å². The number of nitrogens with zero attached hydrogens (tertiary/aromatic N) is 1. The van der Waals surface area contributed by atoms with Gasteiger partial charge in [0, 0.05) is 20.8 Å². The van der Waals surface area contributed by atoms with E-state index in [1.165, 1.54) is 0 Å². The maximum Gasteiger partial charge on any atom is 0.171 e. The summed E-state index contributed by atoms with van der Waals surface area (Å²) in [5.74, 6) is 0. The molecule has 4 nitrogen and oxygen atoms in total. The molecule has 0 aromatic heterocycles. The Balaban J connectivity index is 3.96. The minimum atomic E-state index is -0.361. The van der Waals surface area contributed by atoms with Gasteiger partial charge in [0.15, 0.2) is 6.29 Å². The van der Waals surface area contributed by atoms with Crippen LogP contribution in [0, 0.1) is 16.7 Å². The molecule has 82 valence electrons. The third-order valence-electron chi connectivity index (χ3n) is 2.04. The van der Waals surface area contributed by atoms with Crippen LogP contribution in [0.25, 0.3) is 0 Å². The van der Waals surface area contributed by atoms with Gasteiger partial charge in [-0.15, -0.1) is 0 Å². The summed E-state index contributed by atoms with van der Waals surface area (Å²) in [6.07, 6.45) is -0.274. The highest BCUT2D eigenvalue weighted by molar-refractivity contribution is 4.93. The van der Waals surface area contributed by atoms with Crippen LogP contribution in [-0.2, 0) is 9.47 Å². The smallest absolute Gasteiger partial charge is 0.171 e. The Labute approximate surface area is 86.2 Å². The van der Waals surface area contributed by atoms with E-state index in [4.69, 9.17) is 14.7 Å². The highest BCUT2D eigenvalue weighted by Gasteiger charge is 2.21. The standard InChI is InChI=1S/C10H20N2O2/c1-8(9(13-4)14-5)12-7-10(2,3)6-11/h8-9,12H,7H2,1-5H3. The fourth-order valence-electron chi connectivity index (χ4n) is 1.06. The quantitative estimate of drug-likeness (QED) is 0.653. The number of nitriles is 1. The van der Waals surface area contributed by atoms with Crippen LogP contribution in [0.15, 0.2) is 0 Å². The van der Waals surface area contributed by atoms with Crippen LogP contribution in [0.3, 0.4) is 0 Å². The average molecular weight is 200 g/mol. The van der Waals surface area contributed by atoms with Gasteiger partial charge >= 0.3 is 0 Å². The van der Waals surface area contributed by atoms with Crippen LogP contribution in [0.2, 0.25) is 0 Å². The van der Waals surface area contributed by atoms with E-state index >= 15 is 0 Å². The predicted molar refractivity (Wildman–Crippen MR) is 54.7 cm³/mol.